The average molecular weight is 417 g/mol. The third-order valence-electron chi connectivity index (χ3n) is 11.0. The van der Waals surface area contributed by atoms with E-state index in [1.165, 1.54) is 19.3 Å². The maximum atomic E-state index is 13.2. The quantitative estimate of drug-likeness (QED) is 0.713. The summed E-state index contributed by atoms with van der Waals surface area (Å²) in [5.74, 6) is 4.20. The van der Waals surface area contributed by atoms with Gasteiger partial charge in [-0.1, -0.05) is 6.92 Å². The third kappa shape index (κ3) is 2.28. The molecule has 7 saturated carbocycles. The Balaban J connectivity index is 0.983. The van der Waals surface area contributed by atoms with Crippen molar-refractivity contribution in [3.63, 3.8) is 0 Å². The summed E-state index contributed by atoms with van der Waals surface area (Å²) < 4.78 is 19.0. The molecule has 0 amide bonds. The van der Waals surface area contributed by atoms with Crippen molar-refractivity contribution in [2.75, 3.05) is 19.8 Å². The zero-order valence-electron chi connectivity index (χ0n) is 18.2. The van der Waals surface area contributed by atoms with Crippen LogP contribution in [0, 0.1) is 52.8 Å². The normalized spacial score (nSPS) is 59.9. The fraction of sp³-hybridized carbons (Fsp3) is 0.960. The first-order valence-electron chi connectivity index (χ1n) is 12.6. The second-order valence-corrected chi connectivity index (χ2v) is 12.3. The summed E-state index contributed by atoms with van der Waals surface area (Å²) in [5.41, 5.74) is -0.827. The van der Waals surface area contributed by atoms with Crippen LogP contribution in [0.5, 0.6) is 0 Å². The molecule has 8 fully saturated rings. The molecule has 0 aromatic carbocycles. The van der Waals surface area contributed by atoms with Gasteiger partial charge in [-0.15, -0.1) is 0 Å². The lowest BCUT2D eigenvalue weighted by molar-refractivity contribution is -0.336. The summed E-state index contributed by atoms with van der Waals surface area (Å²) in [6, 6.07) is 0. The minimum absolute atomic E-state index is 0.0117. The van der Waals surface area contributed by atoms with E-state index in [1.54, 1.807) is 0 Å². The van der Waals surface area contributed by atoms with Gasteiger partial charge >= 0.3 is 5.97 Å². The van der Waals surface area contributed by atoms with Crippen molar-refractivity contribution in [2.45, 2.75) is 76.1 Å². The topological polar surface area (TPSA) is 65.0 Å². The lowest BCUT2D eigenvalue weighted by Crippen LogP contribution is -2.56. The molecule has 166 valence electrons. The zero-order valence-corrected chi connectivity index (χ0v) is 18.2. The number of aliphatic hydroxyl groups is 1. The summed E-state index contributed by atoms with van der Waals surface area (Å²) in [5, 5.41) is 10.8. The maximum Gasteiger partial charge on any atom is 0.312 e. The van der Waals surface area contributed by atoms with Crippen molar-refractivity contribution in [1.29, 1.82) is 0 Å². The monoisotopic (exact) mass is 416 g/mol. The lowest BCUT2D eigenvalue weighted by Gasteiger charge is -2.51. The predicted molar refractivity (Wildman–Crippen MR) is 108 cm³/mol. The van der Waals surface area contributed by atoms with E-state index in [2.05, 4.69) is 6.92 Å². The molecular formula is C25H36O5. The molecule has 8 aliphatic rings. The van der Waals surface area contributed by atoms with Crippen LogP contribution in [0.1, 0.15) is 64.7 Å². The number of esters is 1. The first-order chi connectivity index (χ1) is 14.4. The highest BCUT2D eigenvalue weighted by Gasteiger charge is 2.69. The van der Waals surface area contributed by atoms with E-state index in [4.69, 9.17) is 14.2 Å². The molecule has 5 heteroatoms. The second-order valence-electron chi connectivity index (χ2n) is 12.3. The van der Waals surface area contributed by atoms with Gasteiger partial charge in [-0.3, -0.25) is 4.79 Å². The largest absolute Gasteiger partial charge is 0.465 e. The molecule has 1 saturated heterocycles. The Morgan fingerprint density at radius 1 is 1.03 bits per heavy atom. The van der Waals surface area contributed by atoms with Crippen molar-refractivity contribution in [2.24, 2.45) is 52.8 Å². The minimum Gasteiger partial charge on any atom is -0.465 e. The number of carbonyl (C=O) groups excluding carboxylic acids is 1. The first kappa shape index (κ1) is 18.9. The van der Waals surface area contributed by atoms with E-state index in [1.807, 2.05) is 0 Å². The van der Waals surface area contributed by atoms with Crippen LogP contribution in [-0.2, 0) is 19.0 Å². The van der Waals surface area contributed by atoms with Gasteiger partial charge in [-0.05, 0) is 87.4 Å². The van der Waals surface area contributed by atoms with Crippen molar-refractivity contribution in [1.82, 2.24) is 0 Å². The van der Waals surface area contributed by atoms with Gasteiger partial charge in [0.05, 0.1) is 30.8 Å². The molecule has 0 aromatic rings. The highest BCUT2D eigenvalue weighted by Crippen LogP contribution is 2.68. The van der Waals surface area contributed by atoms with E-state index < -0.39 is 5.60 Å². The zero-order chi connectivity index (χ0) is 20.3. The van der Waals surface area contributed by atoms with Crippen LogP contribution in [0.4, 0.5) is 0 Å². The molecule has 9 unspecified atom stereocenters. The van der Waals surface area contributed by atoms with Gasteiger partial charge in [0.2, 0.25) is 0 Å². The van der Waals surface area contributed by atoms with Crippen LogP contribution in [0.2, 0.25) is 0 Å². The van der Waals surface area contributed by atoms with Gasteiger partial charge < -0.3 is 19.3 Å². The Morgan fingerprint density at radius 3 is 2.67 bits per heavy atom. The molecule has 7 aliphatic carbocycles. The third-order valence-corrected chi connectivity index (χ3v) is 11.0. The van der Waals surface area contributed by atoms with Gasteiger partial charge in [0, 0.05) is 17.8 Å². The number of hydrogen-bond acceptors (Lipinski definition) is 5. The molecule has 8 rings (SSSR count). The Morgan fingerprint density at radius 2 is 1.83 bits per heavy atom. The molecule has 5 nitrogen and oxygen atoms in total. The standard InChI is InChI=1S/C25H36O5/c1-14-16-5-17-7-19(6-16)25(21(14)17)29-12-15(13-30-25)11-28-22(26)24-4-2-3-23(27)8-18(9-24)20(24)10-23/h14-21,27H,2-13H2,1H3. The SMILES string of the molecule is CC1C2CC3CC(C2)C2(OCC(COC(=O)C45CCCC6(O)CC(C4)C5C6)CO2)C31. The number of rotatable bonds is 3. The number of carbonyl (C=O) groups is 1. The Kier molecular flexibility index (Phi) is 3.79. The van der Waals surface area contributed by atoms with Crippen LogP contribution >= 0.6 is 0 Å². The van der Waals surface area contributed by atoms with Crippen LogP contribution in [0.3, 0.4) is 0 Å². The molecule has 6 bridgehead atoms. The van der Waals surface area contributed by atoms with Gasteiger partial charge in [-0.2, -0.15) is 0 Å². The van der Waals surface area contributed by atoms with Crippen molar-refractivity contribution in [3.05, 3.63) is 0 Å². The van der Waals surface area contributed by atoms with Crippen LogP contribution < -0.4 is 0 Å². The van der Waals surface area contributed by atoms with Crippen molar-refractivity contribution in [3.8, 4) is 0 Å². The molecule has 1 N–H and O–H groups in total. The van der Waals surface area contributed by atoms with Gasteiger partial charge in [0.25, 0.3) is 0 Å². The Bertz CT molecular complexity index is 753. The molecule has 0 radical (unpaired) electrons. The number of ether oxygens (including phenoxy) is 3. The van der Waals surface area contributed by atoms with Gasteiger partial charge in [0.15, 0.2) is 5.79 Å². The van der Waals surface area contributed by atoms with E-state index in [9.17, 15) is 9.90 Å². The average Bonchev–Trinajstić information content (AvgIpc) is 3.16. The molecular weight excluding hydrogens is 380 g/mol. The smallest absolute Gasteiger partial charge is 0.312 e. The molecule has 1 aliphatic heterocycles. The summed E-state index contributed by atoms with van der Waals surface area (Å²) in [4.78, 5) is 13.2. The predicted octanol–water partition coefficient (Wildman–Crippen LogP) is 3.53. The number of hydrogen-bond donors (Lipinski definition) is 1. The molecule has 9 atom stereocenters. The Labute approximate surface area is 179 Å². The molecule has 1 heterocycles. The van der Waals surface area contributed by atoms with E-state index in [-0.39, 0.29) is 23.1 Å². The summed E-state index contributed by atoms with van der Waals surface area (Å²) in [6.45, 7) is 4.13. The molecule has 0 aromatic heterocycles. The fourth-order valence-electron chi connectivity index (χ4n) is 9.77. The van der Waals surface area contributed by atoms with Gasteiger partial charge in [-0.25, -0.2) is 0 Å². The highest BCUT2D eigenvalue weighted by atomic mass is 16.7. The van der Waals surface area contributed by atoms with Crippen LogP contribution in [-0.4, -0.2) is 42.3 Å². The van der Waals surface area contributed by atoms with E-state index in [0.717, 1.165) is 50.4 Å². The summed E-state index contributed by atoms with van der Waals surface area (Å²) >= 11 is 0. The van der Waals surface area contributed by atoms with Crippen molar-refractivity contribution >= 4 is 5.97 Å². The summed E-state index contributed by atoms with van der Waals surface area (Å²) in [7, 11) is 0. The maximum absolute atomic E-state index is 13.2. The lowest BCUT2D eigenvalue weighted by atomic mass is 9.53. The van der Waals surface area contributed by atoms with Crippen molar-refractivity contribution < 1.29 is 24.1 Å². The first-order valence-corrected chi connectivity index (χ1v) is 12.6. The molecule has 1 spiro atoms. The minimum atomic E-state index is -0.510. The number of fused-ring (bicyclic) bond motifs is 1. The highest BCUT2D eigenvalue weighted by molar-refractivity contribution is 5.79. The van der Waals surface area contributed by atoms with E-state index >= 15 is 0 Å². The van der Waals surface area contributed by atoms with E-state index in [0.29, 0.717) is 49.4 Å². The molecule has 30 heavy (non-hydrogen) atoms. The van der Waals surface area contributed by atoms with Crippen LogP contribution in [0.15, 0.2) is 0 Å². The van der Waals surface area contributed by atoms with Gasteiger partial charge in [0.1, 0.15) is 0 Å². The second kappa shape index (κ2) is 6.02. The van der Waals surface area contributed by atoms with Crippen LogP contribution in [0.25, 0.3) is 0 Å². The summed E-state index contributed by atoms with van der Waals surface area (Å²) in [6.07, 6.45) is 9.21. The Hall–Kier alpha value is -0.650. The fourth-order valence-corrected chi connectivity index (χ4v) is 9.77.